The average molecular weight is 303 g/mol. The number of benzene rings is 1. The van der Waals surface area contributed by atoms with Gasteiger partial charge in [-0.15, -0.1) is 24.2 Å². The van der Waals surface area contributed by atoms with E-state index in [9.17, 15) is 9.18 Å². The van der Waals surface area contributed by atoms with E-state index in [1.165, 1.54) is 17.8 Å². The van der Waals surface area contributed by atoms with E-state index in [1.807, 2.05) is 6.07 Å². The molecule has 0 bridgehead atoms. The van der Waals surface area contributed by atoms with Crippen LogP contribution in [0.1, 0.15) is 18.0 Å². The summed E-state index contributed by atoms with van der Waals surface area (Å²) < 4.78 is 13.7. The molecule has 1 saturated heterocycles. The van der Waals surface area contributed by atoms with Gasteiger partial charge >= 0.3 is 0 Å². The summed E-state index contributed by atoms with van der Waals surface area (Å²) in [6.45, 7) is 1.51. The zero-order valence-electron chi connectivity index (χ0n) is 10.3. The lowest BCUT2D eigenvalue weighted by molar-refractivity contribution is -0.127. The van der Waals surface area contributed by atoms with Gasteiger partial charge in [-0.2, -0.15) is 0 Å². The van der Waals surface area contributed by atoms with Gasteiger partial charge in [0.15, 0.2) is 0 Å². The maximum atomic E-state index is 13.7. The van der Waals surface area contributed by atoms with E-state index in [1.54, 1.807) is 6.07 Å². The predicted octanol–water partition coefficient (Wildman–Crippen LogP) is 2.12. The van der Waals surface area contributed by atoms with Crippen molar-refractivity contribution in [2.75, 3.05) is 18.8 Å². The van der Waals surface area contributed by atoms with E-state index < -0.39 is 0 Å². The highest BCUT2D eigenvalue weighted by Gasteiger charge is 2.29. The quantitative estimate of drug-likeness (QED) is 0.879. The normalized spacial score (nSPS) is 21.8. The second kappa shape index (κ2) is 6.11. The van der Waals surface area contributed by atoms with Crippen molar-refractivity contribution in [3.8, 4) is 0 Å². The minimum Gasteiger partial charge on any atom is -0.349 e. The minimum absolute atomic E-state index is 0. The monoisotopic (exact) mass is 302 g/mol. The van der Waals surface area contributed by atoms with Crippen LogP contribution >= 0.6 is 24.2 Å². The summed E-state index contributed by atoms with van der Waals surface area (Å²) in [5.41, 5.74) is 0.923. The number of hydrogen-bond acceptors (Lipinski definition) is 3. The lowest BCUT2D eigenvalue weighted by Crippen LogP contribution is -2.51. The molecule has 1 fully saturated rings. The smallest absolute Gasteiger partial charge is 0.226 e. The largest absolute Gasteiger partial charge is 0.349 e. The fraction of sp³-hybridized carbons (Fsp3) is 0.462. The fourth-order valence-electron chi connectivity index (χ4n) is 2.30. The topological polar surface area (TPSA) is 41.1 Å². The summed E-state index contributed by atoms with van der Waals surface area (Å²) in [6.07, 6.45) is 0.868. The molecule has 104 valence electrons. The molecule has 0 spiro atoms. The molecule has 2 aliphatic rings. The van der Waals surface area contributed by atoms with E-state index in [4.69, 9.17) is 0 Å². The van der Waals surface area contributed by atoms with Crippen molar-refractivity contribution in [1.82, 2.24) is 10.6 Å². The lowest BCUT2D eigenvalue weighted by atomic mass is 9.99. The van der Waals surface area contributed by atoms with Crippen molar-refractivity contribution in [2.45, 2.75) is 17.4 Å². The lowest BCUT2D eigenvalue weighted by Gasteiger charge is -2.31. The van der Waals surface area contributed by atoms with Crippen molar-refractivity contribution >= 4 is 30.1 Å². The van der Waals surface area contributed by atoms with Crippen LogP contribution in [0.2, 0.25) is 0 Å². The Morgan fingerprint density at radius 2 is 2.21 bits per heavy atom. The van der Waals surface area contributed by atoms with Gasteiger partial charge in [0.25, 0.3) is 0 Å². The summed E-state index contributed by atoms with van der Waals surface area (Å²) >= 11 is 1.54. The third kappa shape index (κ3) is 2.88. The van der Waals surface area contributed by atoms with Crippen LogP contribution < -0.4 is 10.6 Å². The van der Waals surface area contributed by atoms with E-state index >= 15 is 0 Å². The number of hydrogen-bond donors (Lipinski definition) is 2. The Balaban J connectivity index is 0.00000133. The number of halogens is 2. The maximum Gasteiger partial charge on any atom is 0.226 e. The fourth-order valence-corrected chi connectivity index (χ4v) is 3.44. The first-order chi connectivity index (χ1) is 8.75. The Labute approximate surface area is 122 Å². The molecule has 3 rings (SSSR count). The minimum atomic E-state index is -0.179. The Hall–Kier alpha value is -0.780. The van der Waals surface area contributed by atoms with E-state index in [2.05, 4.69) is 10.6 Å². The van der Waals surface area contributed by atoms with Gasteiger partial charge < -0.3 is 10.6 Å². The molecule has 19 heavy (non-hydrogen) atoms. The Morgan fingerprint density at radius 3 is 2.89 bits per heavy atom. The van der Waals surface area contributed by atoms with Gasteiger partial charge in [-0.3, -0.25) is 4.79 Å². The summed E-state index contributed by atoms with van der Waals surface area (Å²) in [7, 11) is 0. The Kier molecular flexibility index (Phi) is 4.71. The first-order valence-corrected chi connectivity index (χ1v) is 7.16. The Bertz CT molecular complexity index is 482. The third-order valence-electron chi connectivity index (χ3n) is 3.49. The highest BCUT2D eigenvalue weighted by molar-refractivity contribution is 7.99. The molecule has 1 amide bonds. The highest BCUT2D eigenvalue weighted by atomic mass is 35.5. The molecule has 3 nitrogen and oxygen atoms in total. The zero-order valence-corrected chi connectivity index (χ0v) is 12.0. The second-order valence-corrected chi connectivity index (χ2v) is 5.82. The van der Waals surface area contributed by atoms with Gasteiger partial charge in [0.1, 0.15) is 5.82 Å². The second-order valence-electron chi connectivity index (χ2n) is 4.71. The van der Waals surface area contributed by atoms with Gasteiger partial charge in [0.2, 0.25) is 5.91 Å². The molecule has 0 radical (unpaired) electrons. The summed E-state index contributed by atoms with van der Waals surface area (Å²) in [4.78, 5) is 12.6. The van der Waals surface area contributed by atoms with Gasteiger partial charge in [0.05, 0.1) is 12.0 Å². The third-order valence-corrected chi connectivity index (χ3v) is 4.65. The van der Waals surface area contributed by atoms with Crippen molar-refractivity contribution in [3.63, 3.8) is 0 Å². The molecule has 1 aromatic carbocycles. The van der Waals surface area contributed by atoms with Crippen molar-refractivity contribution in [3.05, 3.63) is 29.6 Å². The molecule has 1 atom stereocenters. The number of thioether (sulfide) groups is 1. The standard InChI is InChI=1S/C13H15FN2OS.ClH/c14-10-3-1-2-9-11(4-5-18-12(9)10)16-13(17)8-6-15-7-8;/h1-3,8,11,15H,4-7H2,(H,16,17);1H. The van der Waals surface area contributed by atoms with Crippen LogP contribution in [0.4, 0.5) is 4.39 Å². The van der Waals surface area contributed by atoms with Crippen LogP contribution in [-0.2, 0) is 4.79 Å². The summed E-state index contributed by atoms with van der Waals surface area (Å²) in [5.74, 6) is 0.834. The van der Waals surface area contributed by atoms with Crippen molar-refractivity contribution in [1.29, 1.82) is 0 Å². The van der Waals surface area contributed by atoms with Crippen molar-refractivity contribution < 1.29 is 9.18 Å². The molecule has 1 aromatic rings. The van der Waals surface area contributed by atoms with Crippen LogP contribution in [0.3, 0.4) is 0 Å². The first kappa shape index (κ1) is 14.6. The molecule has 2 aliphatic heterocycles. The average Bonchev–Trinajstić information content (AvgIpc) is 2.28. The number of rotatable bonds is 2. The molecule has 0 saturated carbocycles. The molecular formula is C13H16ClFN2OS. The molecular weight excluding hydrogens is 287 g/mol. The van der Waals surface area contributed by atoms with Crippen LogP contribution in [0.15, 0.2) is 23.1 Å². The number of fused-ring (bicyclic) bond motifs is 1. The van der Waals surface area contributed by atoms with Crippen LogP contribution in [-0.4, -0.2) is 24.7 Å². The molecule has 1 unspecified atom stereocenters. The number of carbonyl (C=O) groups excluding carboxylic acids is 1. The van der Waals surface area contributed by atoms with Crippen LogP contribution in [0.5, 0.6) is 0 Å². The highest BCUT2D eigenvalue weighted by Crippen LogP contribution is 2.37. The van der Waals surface area contributed by atoms with E-state index in [0.717, 1.165) is 30.8 Å². The first-order valence-electron chi connectivity index (χ1n) is 6.18. The summed E-state index contributed by atoms with van der Waals surface area (Å²) in [6, 6.07) is 5.06. The zero-order chi connectivity index (χ0) is 12.5. The Morgan fingerprint density at radius 1 is 1.42 bits per heavy atom. The van der Waals surface area contributed by atoms with Gasteiger partial charge in [-0.25, -0.2) is 4.39 Å². The molecule has 0 aliphatic carbocycles. The molecule has 6 heteroatoms. The van der Waals surface area contributed by atoms with E-state index in [-0.39, 0.29) is 36.1 Å². The number of carbonyl (C=O) groups is 1. The van der Waals surface area contributed by atoms with Gasteiger partial charge in [-0.05, 0) is 18.1 Å². The van der Waals surface area contributed by atoms with Gasteiger partial charge in [0, 0.05) is 23.7 Å². The molecule has 2 N–H and O–H groups in total. The van der Waals surface area contributed by atoms with Gasteiger partial charge in [-0.1, -0.05) is 12.1 Å². The maximum absolute atomic E-state index is 13.7. The van der Waals surface area contributed by atoms with Crippen LogP contribution in [0.25, 0.3) is 0 Å². The summed E-state index contributed by atoms with van der Waals surface area (Å²) in [5, 5.41) is 6.13. The van der Waals surface area contributed by atoms with Crippen molar-refractivity contribution in [2.24, 2.45) is 5.92 Å². The molecule has 0 aromatic heterocycles. The number of amides is 1. The molecule has 2 heterocycles. The predicted molar refractivity (Wildman–Crippen MR) is 76.2 cm³/mol. The van der Waals surface area contributed by atoms with E-state index in [0.29, 0.717) is 4.90 Å². The number of nitrogens with one attached hydrogen (secondary N) is 2. The SMILES string of the molecule is Cl.O=C(NC1CCSc2c(F)cccc21)C1CNC1. The van der Waals surface area contributed by atoms with Crippen LogP contribution in [0, 0.1) is 11.7 Å².